The topological polar surface area (TPSA) is 50.4 Å². The molecule has 1 aromatic carbocycles. The fourth-order valence-electron chi connectivity index (χ4n) is 2.47. The van der Waals surface area contributed by atoms with Crippen LogP contribution in [-0.2, 0) is 0 Å². The summed E-state index contributed by atoms with van der Waals surface area (Å²) >= 11 is 0. The average molecular weight is 262 g/mol. The molecule has 1 fully saturated rings. The summed E-state index contributed by atoms with van der Waals surface area (Å²) in [7, 11) is 1.62. The summed E-state index contributed by atoms with van der Waals surface area (Å²) in [5.74, 6) is 0.699. The van der Waals surface area contributed by atoms with Crippen molar-refractivity contribution in [1.82, 2.24) is 5.32 Å². The van der Waals surface area contributed by atoms with E-state index in [-0.39, 0.29) is 6.03 Å². The standard InChI is InChI=1S/C15H22N2O2/c1-10-8-13(14(19-3)9-11(10)2)17-15(18)16-12-6-4-5-7-12/h8-9,12H,4-7H2,1-3H3,(H2,16,17,18). The van der Waals surface area contributed by atoms with E-state index < -0.39 is 0 Å². The first-order valence-electron chi connectivity index (χ1n) is 6.83. The number of hydrogen-bond donors (Lipinski definition) is 2. The maximum atomic E-state index is 12.0. The molecule has 0 heterocycles. The van der Waals surface area contributed by atoms with E-state index in [2.05, 4.69) is 10.6 Å². The van der Waals surface area contributed by atoms with Crippen molar-refractivity contribution in [3.8, 4) is 5.75 Å². The summed E-state index contributed by atoms with van der Waals surface area (Å²) in [6.45, 7) is 4.05. The summed E-state index contributed by atoms with van der Waals surface area (Å²) in [6, 6.07) is 4.06. The van der Waals surface area contributed by atoms with Gasteiger partial charge in [0.1, 0.15) is 5.75 Å². The van der Waals surface area contributed by atoms with E-state index in [0.717, 1.165) is 29.7 Å². The van der Waals surface area contributed by atoms with Crippen molar-refractivity contribution in [3.05, 3.63) is 23.3 Å². The van der Waals surface area contributed by atoms with Crippen LogP contribution < -0.4 is 15.4 Å². The first kappa shape index (κ1) is 13.7. The highest BCUT2D eigenvalue weighted by Gasteiger charge is 2.17. The van der Waals surface area contributed by atoms with Crippen molar-refractivity contribution in [2.45, 2.75) is 45.6 Å². The van der Waals surface area contributed by atoms with E-state index in [1.54, 1.807) is 7.11 Å². The van der Waals surface area contributed by atoms with E-state index in [9.17, 15) is 4.79 Å². The third-order valence-corrected chi connectivity index (χ3v) is 3.75. The molecule has 1 aliphatic carbocycles. The molecule has 104 valence electrons. The van der Waals surface area contributed by atoms with Crippen molar-refractivity contribution in [2.24, 2.45) is 0 Å². The lowest BCUT2D eigenvalue weighted by molar-refractivity contribution is 0.248. The van der Waals surface area contributed by atoms with Crippen molar-refractivity contribution in [3.63, 3.8) is 0 Å². The molecule has 1 saturated carbocycles. The van der Waals surface area contributed by atoms with Crippen LogP contribution in [-0.4, -0.2) is 19.2 Å². The molecule has 0 bridgehead atoms. The van der Waals surface area contributed by atoms with Gasteiger partial charge in [0.2, 0.25) is 0 Å². The van der Waals surface area contributed by atoms with Gasteiger partial charge in [-0.15, -0.1) is 0 Å². The SMILES string of the molecule is COc1cc(C)c(C)cc1NC(=O)NC1CCCC1. The van der Waals surface area contributed by atoms with Crippen molar-refractivity contribution in [2.75, 3.05) is 12.4 Å². The Morgan fingerprint density at radius 1 is 1.21 bits per heavy atom. The number of rotatable bonds is 3. The number of urea groups is 1. The number of carbonyl (C=O) groups is 1. The molecule has 2 rings (SSSR count). The fourth-order valence-corrected chi connectivity index (χ4v) is 2.47. The third-order valence-electron chi connectivity index (χ3n) is 3.75. The molecule has 2 N–H and O–H groups in total. The van der Waals surface area contributed by atoms with Crippen LogP contribution in [0, 0.1) is 13.8 Å². The molecule has 0 spiro atoms. The fraction of sp³-hybridized carbons (Fsp3) is 0.533. The number of carbonyl (C=O) groups excluding carboxylic acids is 1. The molecule has 4 heteroatoms. The molecular weight excluding hydrogens is 240 g/mol. The van der Waals surface area contributed by atoms with Crippen molar-refractivity contribution < 1.29 is 9.53 Å². The zero-order chi connectivity index (χ0) is 13.8. The lowest BCUT2D eigenvalue weighted by Crippen LogP contribution is -2.36. The second-order valence-corrected chi connectivity index (χ2v) is 5.22. The van der Waals surface area contributed by atoms with Crippen molar-refractivity contribution >= 4 is 11.7 Å². The number of methoxy groups -OCH3 is 1. The summed E-state index contributed by atoms with van der Waals surface area (Å²) in [4.78, 5) is 12.0. The normalized spacial score (nSPS) is 15.3. The Morgan fingerprint density at radius 2 is 1.84 bits per heavy atom. The highest BCUT2D eigenvalue weighted by molar-refractivity contribution is 5.91. The number of nitrogens with one attached hydrogen (secondary N) is 2. The van der Waals surface area contributed by atoms with Crippen LogP contribution in [0.4, 0.5) is 10.5 Å². The molecule has 1 aromatic rings. The number of benzene rings is 1. The van der Waals surface area contributed by atoms with Gasteiger partial charge < -0.3 is 15.4 Å². The van der Waals surface area contributed by atoms with Crippen LogP contribution in [0.3, 0.4) is 0 Å². The van der Waals surface area contributed by atoms with Crippen molar-refractivity contribution in [1.29, 1.82) is 0 Å². The Labute approximate surface area is 114 Å². The smallest absolute Gasteiger partial charge is 0.319 e. The lowest BCUT2D eigenvalue weighted by Gasteiger charge is -2.16. The Hall–Kier alpha value is -1.71. The summed E-state index contributed by atoms with van der Waals surface area (Å²) in [5, 5.41) is 5.89. The largest absolute Gasteiger partial charge is 0.495 e. The molecular formula is C15H22N2O2. The van der Waals surface area contributed by atoms with Gasteiger partial charge in [-0.3, -0.25) is 0 Å². The maximum absolute atomic E-state index is 12.0. The Kier molecular flexibility index (Phi) is 4.30. The van der Waals surface area contributed by atoms with Gasteiger partial charge in [0.05, 0.1) is 12.8 Å². The molecule has 19 heavy (non-hydrogen) atoms. The average Bonchev–Trinajstić information content (AvgIpc) is 2.86. The minimum Gasteiger partial charge on any atom is -0.495 e. The van der Waals surface area contributed by atoms with Crippen LogP contribution in [0.5, 0.6) is 5.75 Å². The van der Waals surface area contributed by atoms with Crippen LogP contribution in [0.1, 0.15) is 36.8 Å². The minimum absolute atomic E-state index is 0.145. The highest BCUT2D eigenvalue weighted by atomic mass is 16.5. The number of hydrogen-bond acceptors (Lipinski definition) is 2. The first-order valence-corrected chi connectivity index (χ1v) is 6.83. The monoisotopic (exact) mass is 262 g/mol. The van der Waals surface area contributed by atoms with Crippen LogP contribution in [0.2, 0.25) is 0 Å². The van der Waals surface area contributed by atoms with Gasteiger partial charge in [-0.05, 0) is 49.9 Å². The van der Waals surface area contributed by atoms with Gasteiger partial charge in [0.15, 0.2) is 0 Å². The molecule has 0 aromatic heterocycles. The number of ether oxygens (including phenoxy) is 1. The third kappa shape index (κ3) is 3.40. The van der Waals surface area contributed by atoms with E-state index in [0.29, 0.717) is 11.8 Å². The molecule has 0 saturated heterocycles. The second-order valence-electron chi connectivity index (χ2n) is 5.22. The maximum Gasteiger partial charge on any atom is 0.319 e. The molecule has 0 aliphatic heterocycles. The summed E-state index contributed by atoms with van der Waals surface area (Å²) in [6.07, 6.45) is 4.57. The van der Waals surface area contributed by atoms with Gasteiger partial charge in [0.25, 0.3) is 0 Å². The Bertz CT molecular complexity index is 465. The zero-order valence-corrected chi connectivity index (χ0v) is 11.9. The minimum atomic E-state index is -0.145. The Balaban J connectivity index is 2.04. The molecule has 0 radical (unpaired) electrons. The summed E-state index contributed by atoms with van der Waals surface area (Å²) < 4.78 is 5.31. The first-order chi connectivity index (χ1) is 9.10. The van der Waals surface area contributed by atoms with E-state index in [4.69, 9.17) is 4.74 Å². The van der Waals surface area contributed by atoms with Gasteiger partial charge in [-0.1, -0.05) is 12.8 Å². The quantitative estimate of drug-likeness (QED) is 0.877. The molecule has 2 amide bonds. The van der Waals surface area contributed by atoms with E-state index in [1.807, 2.05) is 26.0 Å². The number of aryl methyl sites for hydroxylation is 2. The molecule has 0 atom stereocenters. The number of amides is 2. The lowest BCUT2D eigenvalue weighted by atomic mass is 10.1. The van der Waals surface area contributed by atoms with E-state index >= 15 is 0 Å². The van der Waals surface area contributed by atoms with Crippen LogP contribution in [0.15, 0.2) is 12.1 Å². The molecule has 1 aliphatic rings. The van der Waals surface area contributed by atoms with E-state index in [1.165, 1.54) is 12.8 Å². The van der Waals surface area contributed by atoms with Gasteiger partial charge >= 0.3 is 6.03 Å². The zero-order valence-electron chi connectivity index (χ0n) is 11.9. The van der Waals surface area contributed by atoms with Gasteiger partial charge in [-0.2, -0.15) is 0 Å². The molecule has 0 unspecified atom stereocenters. The highest BCUT2D eigenvalue weighted by Crippen LogP contribution is 2.28. The second kappa shape index (κ2) is 5.95. The predicted molar refractivity (Wildman–Crippen MR) is 76.9 cm³/mol. The van der Waals surface area contributed by atoms with Crippen LogP contribution >= 0.6 is 0 Å². The summed E-state index contributed by atoms with van der Waals surface area (Å²) in [5.41, 5.74) is 3.01. The van der Waals surface area contributed by atoms with Crippen LogP contribution in [0.25, 0.3) is 0 Å². The van der Waals surface area contributed by atoms with Gasteiger partial charge in [0, 0.05) is 6.04 Å². The predicted octanol–water partition coefficient (Wildman–Crippen LogP) is 3.38. The van der Waals surface area contributed by atoms with Gasteiger partial charge in [-0.25, -0.2) is 4.79 Å². The number of anilines is 1. The molecule has 4 nitrogen and oxygen atoms in total. The Morgan fingerprint density at radius 3 is 2.47 bits per heavy atom.